The maximum absolute atomic E-state index is 13.7. The van der Waals surface area contributed by atoms with Gasteiger partial charge in [0, 0.05) is 139 Å². The van der Waals surface area contributed by atoms with Crippen molar-refractivity contribution in [3.8, 4) is 11.3 Å². The highest BCUT2D eigenvalue weighted by molar-refractivity contribution is 5.99. The average Bonchev–Trinajstić information content (AvgIpc) is 4.01. The van der Waals surface area contributed by atoms with Gasteiger partial charge in [-0.2, -0.15) is 5.10 Å². The quantitative estimate of drug-likeness (QED) is 0.150. The molecular weight excluding hydrogens is 851 g/mol. The standard InChI is InChI=1S/C47H53N17O3/c48-42-40-41(35-22-33-3-8-50-43(33)51-24-35)58-64(44(40)56-30-55-42)28-31-1-2-34-29-63(9-5-32(34)21-31)45(66)37-26-52-46(53-27-37)61-12-10-59(11-13-61)18-20-67-19-6-39(65)60-14-16-62(17-15-60)47-54-25-36-23-49-7-4-38(36)57-47/h1-3,8,21-22,24-27,30,49H,4-7,9-20,23,28-29H2,(H,50,51)(H2,48,55,56). The molecule has 0 unspecified atom stereocenters. The van der Waals surface area contributed by atoms with Crippen molar-refractivity contribution >= 4 is 51.6 Å². The van der Waals surface area contributed by atoms with Gasteiger partial charge in [0.2, 0.25) is 17.8 Å². The molecule has 0 spiro atoms. The van der Waals surface area contributed by atoms with Gasteiger partial charge in [0.25, 0.3) is 5.91 Å². The number of anilines is 3. The Balaban J connectivity index is 0.615. The summed E-state index contributed by atoms with van der Waals surface area (Å²) in [7, 11) is 0. The smallest absolute Gasteiger partial charge is 0.257 e. The fraction of sp³-hybridized carbons (Fsp3) is 0.404. The number of amides is 2. The summed E-state index contributed by atoms with van der Waals surface area (Å²) >= 11 is 0. The minimum Gasteiger partial charge on any atom is -0.383 e. The topological polar surface area (TPSA) is 221 Å². The zero-order valence-electron chi connectivity index (χ0n) is 37.3. The Bertz CT molecular complexity index is 2920. The van der Waals surface area contributed by atoms with Crippen LogP contribution in [0.1, 0.15) is 44.7 Å². The zero-order chi connectivity index (χ0) is 45.3. The Morgan fingerprint density at radius 2 is 1.58 bits per heavy atom. The number of H-pyrrole nitrogens is 1. The number of nitrogens with zero attached hydrogens (tertiary/aromatic N) is 14. The maximum atomic E-state index is 13.7. The Morgan fingerprint density at radius 1 is 0.761 bits per heavy atom. The van der Waals surface area contributed by atoms with Crippen LogP contribution in [-0.4, -0.2) is 161 Å². The van der Waals surface area contributed by atoms with E-state index in [9.17, 15) is 9.59 Å². The van der Waals surface area contributed by atoms with Crippen LogP contribution in [0.2, 0.25) is 0 Å². The highest BCUT2D eigenvalue weighted by Gasteiger charge is 2.27. The first-order valence-corrected chi connectivity index (χ1v) is 23.2. The van der Waals surface area contributed by atoms with Crippen molar-refractivity contribution in [2.45, 2.75) is 38.9 Å². The molecule has 1 aromatic carbocycles. The van der Waals surface area contributed by atoms with Crippen LogP contribution < -0.4 is 20.9 Å². The molecule has 2 saturated heterocycles. The van der Waals surface area contributed by atoms with Crippen LogP contribution in [0.25, 0.3) is 33.3 Å². The summed E-state index contributed by atoms with van der Waals surface area (Å²) in [5, 5.41) is 10.0. The number of benzene rings is 1. The minimum atomic E-state index is -0.0791. The lowest BCUT2D eigenvalue weighted by Gasteiger charge is -2.35. The number of carbonyl (C=O) groups excluding carboxylic acids is 2. The highest BCUT2D eigenvalue weighted by Crippen LogP contribution is 2.32. The van der Waals surface area contributed by atoms with Gasteiger partial charge in [-0.15, -0.1) is 0 Å². The number of rotatable bonds is 12. The molecule has 67 heavy (non-hydrogen) atoms. The number of aromatic nitrogens is 10. The van der Waals surface area contributed by atoms with Crippen molar-refractivity contribution in [3.05, 3.63) is 101 Å². The molecule has 0 bridgehead atoms. The van der Waals surface area contributed by atoms with Crippen LogP contribution in [0.5, 0.6) is 0 Å². The number of nitrogens with one attached hydrogen (secondary N) is 2. The van der Waals surface area contributed by atoms with Gasteiger partial charge in [0.1, 0.15) is 23.5 Å². The van der Waals surface area contributed by atoms with E-state index in [2.05, 4.69) is 73.1 Å². The molecule has 2 fully saturated rings. The first kappa shape index (κ1) is 42.5. The molecule has 20 nitrogen and oxygen atoms in total. The second-order valence-electron chi connectivity index (χ2n) is 17.6. The zero-order valence-corrected chi connectivity index (χ0v) is 37.3. The van der Waals surface area contributed by atoms with Crippen molar-refractivity contribution in [1.29, 1.82) is 0 Å². The van der Waals surface area contributed by atoms with Gasteiger partial charge in [-0.1, -0.05) is 18.2 Å². The third-order valence-electron chi connectivity index (χ3n) is 13.4. The van der Waals surface area contributed by atoms with Crippen molar-refractivity contribution in [2.75, 3.05) is 101 Å². The summed E-state index contributed by atoms with van der Waals surface area (Å²) in [6.07, 6.45) is 12.4. The Labute approximate surface area is 386 Å². The number of hydrogen-bond acceptors (Lipinski definition) is 16. The Morgan fingerprint density at radius 3 is 2.45 bits per heavy atom. The molecule has 6 aromatic heterocycles. The van der Waals surface area contributed by atoms with Crippen LogP contribution >= 0.6 is 0 Å². The molecule has 2 amide bonds. The lowest BCUT2D eigenvalue weighted by molar-refractivity contribution is -0.132. The number of aromatic amines is 1. The molecule has 0 saturated carbocycles. The monoisotopic (exact) mass is 903 g/mol. The van der Waals surface area contributed by atoms with Crippen molar-refractivity contribution in [2.24, 2.45) is 0 Å². The molecule has 7 aromatic rings. The summed E-state index contributed by atoms with van der Waals surface area (Å²) in [6, 6.07) is 10.4. The summed E-state index contributed by atoms with van der Waals surface area (Å²) < 4.78 is 7.78. The molecule has 11 rings (SSSR count). The fourth-order valence-corrected chi connectivity index (χ4v) is 9.56. The van der Waals surface area contributed by atoms with Crippen molar-refractivity contribution in [1.82, 2.24) is 69.7 Å². The van der Waals surface area contributed by atoms with Crippen LogP contribution in [0.15, 0.2) is 67.6 Å². The second kappa shape index (κ2) is 18.6. The molecule has 344 valence electrons. The van der Waals surface area contributed by atoms with Crippen LogP contribution in [0.3, 0.4) is 0 Å². The van der Waals surface area contributed by atoms with E-state index in [1.807, 2.05) is 39.0 Å². The van der Waals surface area contributed by atoms with Gasteiger partial charge in [-0.25, -0.2) is 39.6 Å². The van der Waals surface area contributed by atoms with E-state index in [4.69, 9.17) is 20.6 Å². The van der Waals surface area contributed by atoms with Gasteiger partial charge in [-0.3, -0.25) is 14.5 Å². The number of nitrogen functional groups attached to an aromatic ring is 1. The maximum Gasteiger partial charge on any atom is 0.257 e. The molecule has 0 radical (unpaired) electrons. The third-order valence-corrected chi connectivity index (χ3v) is 13.4. The third kappa shape index (κ3) is 8.94. The predicted molar refractivity (Wildman–Crippen MR) is 251 cm³/mol. The first-order chi connectivity index (χ1) is 32.9. The SMILES string of the molecule is Nc1ncnc2c1c(-c1cnc3[nH]ccc3c1)nn2Cc1ccc2c(c1)CCN(C(=O)c1cnc(N3CCN(CCOCCC(=O)N4CCN(c5ncc6c(n5)CCNC6)CC4)CC3)nc1)C2. The average molecular weight is 904 g/mol. The highest BCUT2D eigenvalue weighted by atomic mass is 16.5. The normalized spacial score (nSPS) is 16.7. The van der Waals surface area contributed by atoms with E-state index in [1.165, 1.54) is 17.5 Å². The largest absolute Gasteiger partial charge is 0.383 e. The van der Waals surface area contributed by atoms with E-state index < -0.39 is 0 Å². The van der Waals surface area contributed by atoms with Gasteiger partial charge in [-0.05, 0) is 35.2 Å². The molecule has 4 aliphatic rings. The summed E-state index contributed by atoms with van der Waals surface area (Å²) in [6.45, 7) is 11.2. The van der Waals surface area contributed by atoms with Gasteiger partial charge in [0.05, 0.1) is 42.8 Å². The van der Waals surface area contributed by atoms with Crippen LogP contribution in [0.4, 0.5) is 17.7 Å². The molecule has 10 heterocycles. The number of hydrogen-bond donors (Lipinski definition) is 3. The number of ether oxygens (including phenoxy) is 1. The fourth-order valence-electron chi connectivity index (χ4n) is 9.56. The minimum absolute atomic E-state index is 0.0791. The van der Waals surface area contributed by atoms with E-state index in [-0.39, 0.29) is 11.8 Å². The van der Waals surface area contributed by atoms with E-state index in [0.29, 0.717) is 86.4 Å². The molecule has 20 heteroatoms. The van der Waals surface area contributed by atoms with E-state index in [0.717, 1.165) is 111 Å². The molecule has 0 atom stereocenters. The summed E-state index contributed by atoms with van der Waals surface area (Å²) in [5.41, 5.74) is 15.5. The molecular formula is C47H53N17O3. The number of nitrogens with two attached hydrogens (primary N) is 1. The predicted octanol–water partition coefficient (Wildman–Crippen LogP) is 2.30. The van der Waals surface area contributed by atoms with E-state index >= 15 is 0 Å². The van der Waals surface area contributed by atoms with Crippen LogP contribution in [0, 0.1) is 0 Å². The molecule has 4 aliphatic heterocycles. The van der Waals surface area contributed by atoms with Crippen molar-refractivity contribution < 1.29 is 14.3 Å². The molecule has 4 N–H and O–H groups in total. The van der Waals surface area contributed by atoms with Gasteiger partial charge >= 0.3 is 0 Å². The summed E-state index contributed by atoms with van der Waals surface area (Å²) in [5.74, 6) is 1.81. The van der Waals surface area contributed by atoms with Crippen molar-refractivity contribution in [3.63, 3.8) is 0 Å². The second-order valence-corrected chi connectivity index (χ2v) is 17.6. The molecule has 0 aliphatic carbocycles. The Kier molecular flexibility index (Phi) is 11.8. The first-order valence-electron chi connectivity index (χ1n) is 23.2. The van der Waals surface area contributed by atoms with Gasteiger partial charge < -0.3 is 40.4 Å². The van der Waals surface area contributed by atoms with Gasteiger partial charge in [0.15, 0.2) is 5.65 Å². The lowest BCUT2D eigenvalue weighted by atomic mass is 9.97. The Hall–Kier alpha value is -7.16. The van der Waals surface area contributed by atoms with E-state index in [1.54, 1.807) is 18.6 Å². The number of piperazine rings is 2. The lowest BCUT2D eigenvalue weighted by Crippen LogP contribution is -2.49. The van der Waals surface area contributed by atoms with Crippen LogP contribution in [-0.2, 0) is 42.0 Å². The number of carbonyl (C=O) groups is 2. The number of fused-ring (bicyclic) bond motifs is 4. The number of pyridine rings is 1. The summed E-state index contributed by atoms with van der Waals surface area (Å²) in [4.78, 5) is 72.2.